The second-order valence-electron chi connectivity index (χ2n) is 6.83. The van der Waals surface area contributed by atoms with Gasteiger partial charge in [0.15, 0.2) is 0 Å². The summed E-state index contributed by atoms with van der Waals surface area (Å²) in [7, 11) is -3.55. The highest BCUT2D eigenvalue weighted by Crippen LogP contribution is 2.36. The number of hydrogen-bond donors (Lipinski definition) is 1. The molecule has 1 aliphatic rings. The fourth-order valence-corrected chi connectivity index (χ4v) is 5.19. The Hall–Kier alpha value is -2.77. The smallest absolute Gasteiger partial charge is 0.243 e. The van der Waals surface area contributed by atoms with Crippen molar-refractivity contribution in [1.82, 2.24) is 14.3 Å². The van der Waals surface area contributed by atoms with Gasteiger partial charge in [0.2, 0.25) is 10.0 Å². The van der Waals surface area contributed by atoms with Gasteiger partial charge in [-0.3, -0.25) is 0 Å². The molecule has 0 amide bonds. The van der Waals surface area contributed by atoms with E-state index >= 15 is 0 Å². The lowest BCUT2D eigenvalue weighted by Gasteiger charge is -2.24. The van der Waals surface area contributed by atoms with Crippen LogP contribution in [0.3, 0.4) is 0 Å². The third kappa shape index (κ3) is 3.63. The van der Waals surface area contributed by atoms with Crippen LogP contribution in [0.2, 0.25) is 0 Å². The lowest BCUT2D eigenvalue weighted by atomic mass is 10.1. The normalized spacial score (nSPS) is 17.5. The van der Waals surface area contributed by atoms with Gasteiger partial charge in [0.05, 0.1) is 16.6 Å². The van der Waals surface area contributed by atoms with Crippen LogP contribution in [0, 0.1) is 6.92 Å². The first-order chi connectivity index (χ1) is 13.6. The van der Waals surface area contributed by atoms with Crippen molar-refractivity contribution < 1.29 is 8.42 Å². The van der Waals surface area contributed by atoms with Crippen molar-refractivity contribution in [2.45, 2.75) is 30.7 Å². The summed E-state index contributed by atoms with van der Waals surface area (Å²) in [5, 5.41) is 3.23. The summed E-state index contributed by atoms with van der Waals surface area (Å²) in [4.78, 5) is 9.35. The molecular formula is C21H22N4O2S. The molecule has 28 heavy (non-hydrogen) atoms. The Balaban J connectivity index is 1.63. The molecule has 4 rings (SSSR count). The van der Waals surface area contributed by atoms with Crippen molar-refractivity contribution in [2.75, 3.05) is 11.9 Å². The highest BCUT2D eigenvalue weighted by atomic mass is 32.2. The highest BCUT2D eigenvalue weighted by Gasteiger charge is 2.36. The van der Waals surface area contributed by atoms with Gasteiger partial charge in [-0.1, -0.05) is 30.3 Å². The van der Waals surface area contributed by atoms with Crippen LogP contribution in [-0.4, -0.2) is 29.2 Å². The average Bonchev–Trinajstić information content (AvgIpc) is 3.22. The molecule has 0 bridgehead atoms. The van der Waals surface area contributed by atoms with Crippen molar-refractivity contribution in [1.29, 1.82) is 0 Å². The molecule has 0 saturated carbocycles. The minimum absolute atomic E-state index is 0.267. The third-order valence-corrected chi connectivity index (χ3v) is 6.84. The number of sulfonamides is 1. The maximum atomic E-state index is 13.1. The topological polar surface area (TPSA) is 75.2 Å². The van der Waals surface area contributed by atoms with E-state index in [1.54, 1.807) is 34.8 Å². The number of pyridine rings is 2. The molecule has 3 heterocycles. The van der Waals surface area contributed by atoms with Gasteiger partial charge >= 0.3 is 0 Å². The first-order valence-corrected chi connectivity index (χ1v) is 10.7. The summed E-state index contributed by atoms with van der Waals surface area (Å²) in [5.74, 6) is 1.40. The zero-order valence-corrected chi connectivity index (χ0v) is 16.4. The molecule has 144 valence electrons. The van der Waals surface area contributed by atoms with Gasteiger partial charge in [0.1, 0.15) is 11.6 Å². The lowest BCUT2D eigenvalue weighted by Crippen LogP contribution is -2.31. The molecule has 7 heteroatoms. The Morgan fingerprint density at radius 1 is 1.04 bits per heavy atom. The summed E-state index contributed by atoms with van der Waals surface area (Å²) >= 11 is 0. The minimum Gasteiger partial charge on any atom is -0.325 e. The van der Waals surface area contributed by atoms with Crippen molar-refractivity contribution in [3.05, 3.63) is 78.1 Å². The molecule has 1 fully saturated rings. The lowest BCUT2D eigenvalue weighted by molar-refractivity contribution is 0.391. The van der Waals surface area contributed by atoms with Crippen LogP contribution in [0.1, 0.15) is 30.1 Å². The molecule has 2 aromatic heterocycles. The molecule has 1 atom stereocenters. The largest absolute Gasteiger partial charge is 0.325 e. The van der Waals surface area contributed by atoms with E-state index in [0.717, 1.165) is 29.9 Å². The molecular weight excluding hydrogens is 372 g/mol. The standard InChI is InChI=1S/C21H22N4O2S/c1-16-8-6-14-22-21(16)24-20-13-5-11-18(23-20)19-12-7-15-25(19)28(26,27)17-9-3-2-4-10-17/h2-6,8-11,13-14,19H,7,12,15H2,1H3,(H,22,23,24)/t19-/m1/s1. The Morgan fingerprint density at radius 3 is 2.64 bits per heavy atom. The third-order valence-electron chi connectivity index (χ3n) is 4.92. The number of benzene rings is 1. The second kappa shape index (κ2) is 7.69. The van der Waals surface area contributed by atoms with Crippen LogP contribution in [0.15, 0.2) is 71.8 Å². The van der Waals surface area contributed by atoms with E-state index in [2.05, 4.69) is 10.3 Å². The molecule has 0 aliphatic carbocycles. The molecule has 1 aliphatic heterocycles. The minimum atomic E-state index is -3.55. The highest BCUT2D eigenvalue weighted by molar-refractivity contribution is 7.89. The summed E-state index contributed by atoms with van der Waals surface area (Å²) in [6.07, 6.45) is 3.30. The first kappa shape index (κ1) is 18.6. The van der Waals surface area contributed by atoms with E-state index in [4.69, 9.17) is 4.98 Å². The molecule has 0 radical (unpaired) electrons. The van der Waals surface area contributed by atoms with Gasteiger partial charge in [-0.05, 0) is 55.7 Å². The summed E-state index contributed by atoms with van der Waals surface area (Å²) in [5.41, 5.74) is 1.76. The number of nitrogens with one attached hydrogen (secondary N) is 1. The van der Waals surface area contributed by atoms with Crippen molar-refractivity contribution in [3.8, 4) is 0 Å². The summed E-state index contributed by atoms with van der Waals surface area (Å²) < 4.78 is 27.8. The summed E-state index contributed by atoms with van der Waals surface area (Å²) in [6, 6.07) is 17.8. The molecule has 6 nitrogen and oxygen atoms in total. The van der Waals surface area contributed by atoms with Gasteiger partial charge in [0.25, 0.3) is 0 Å². The monoisotopic (exact) mass is 394 g/mol. The van der Waals surface area contributed by atoms with E-state index in [-0.39, 0.29) is 6.04 Å². The van der Waals surface area contributed by atoms with Crippen molar-refractivity contribution in [2.24, 2.45) is 0 Å². The molecule has 1 N–H and O–H groups in total. The number of aromatic nitrogens is 2. The fourth-order valence-electron chi connectivity index (χ4n) is 3.50. The SMILES string of the molecule is Cc1cccnc1Nc1cccc([C@H]2CCCN2S(=O)(=O)c2ccccc2)n1. The number of anilines is 2. The maximum absolute atomic E-state index is 13.1. The number of aryl methyl sites for hydroxylation is 1. The van der Waals surface area contributed by atoms with E-state index in [0.29, 0.717) is 17.3 Å². The molecule has 3 aromatic rings. The predicted molar refractivity (Wildman–Crippen MR) is 109 cm³/mol. The van der Waals surface area contributed by atoms with Gasteiger partial charge in [-0.2, -0.15) is 4.31 Å². The quantitative estimate of drug-likeness (QED) is 0.706. The first-order valence-electron chi connectivity index (χ1n) is 9.28. The van der Waals surface area contributed by atoms with Crippen LogP contribution in [0.5, 0.6) is 0 Å². The van der Waals surface area contributed by atoms with Gasteiger partial charge < -0.3 is 5.32 Å². The Morgan fingerprint density at radius 2 is 1.86 bits per heavy atom. The number of hydrogen-bond acceptors (Lipinski definition) is 5. The second-order valence-corrected chi connectivity index (χ2v) is 8.72. The molecule has 1 aromatic carbocycles. The maximum Gasteiger partial charge on any atom is 0.243 e. The Labute approximate surface area is 165 Å². The van der Waals surface area contributed by atoms with Crippen LogP contribution in [-0.2, 0) is 10.0 Å². The van der Waals surface area contributed by atoms with Crippen molar-refractivity contribution >= 4 is 21.7 Å². The zero-order chi connectivity index (χ0) is 19.6. The van der Waals surface area contributed by atoms with E-state index in [9.17, 15) is 8.42 Å². The van der Waals surface area contributed by atoms with Crippen LogP contribution in [0.4, 0.5) is 11.6 Å². The molecule has 1 saturated heterocycles. The van der Waals surface area contributed by atoms with Crippen LogP contribution < -0.4 is 5.32 Å². The van der Waals surface area contributed by atoms with E-state index in [1.807, 2.05) is 43.3 Å². The fraction of sp³-hybridized carbons (Fsp3) is 0.238. The average molecular weight is 395 g/mol. The molecule has 0 spiro atoms. The number of rotatable bonds is 5. The summed E-state index contributed by atoms with van der Waals surface area (Å²) in [6.45, 7) is 2.48. The predicted octanol–water partition coefficient (Wildman–Crippen LogP) is 4.05. The molecule has 0 unspecified atom stereocenters. The van der Waals surface area contributed by atoms with Crippen molar-refractivity contribution in [3.63, 3.8) is 0 Å². The van der Waals surface area contributed by atoms with Crippen LogP contribution >= 0.6 is 0 Å². The van der Waals surface area contributed by atoms with Gasteiger partial charge in [0, 0.05) is 12.7 Å². The Kier molecular flexibility index (Phi) is 5.11. The zero-order valence-electron chi connectivity index (χ0n) is 15.6. The van der Waals surface area contributed by atoms with Gasteiger partial charge in [-0.25, -0.2) is 18.4 Å². The van der Waals surface area contributed by atoms with Gasteiger partial charge in [-0.15, -0.1) is 0 Å². The van der Waals surface area contributed by atoms with E-state index < -0.39 is 10.0 Å². The Bertz CT molecular complexity index is 1070. The van der Waals surface area contributed by atoms with Crippen LogP contribution in [0.25, 0.3) is 0 Å². The number of nitrogens with zero attached hydrogens (tertiary/aromatic N) is 3. The van der Waals surface area contributed by atoms with E-state index in [1.165, 1.54) is 0 Å².